The Hall–Kier alpha value is -2.31. The van der Waals surface area contributed by atoms with Crippen LogP contribution in [-0.4, -0.2) is 11.3 Å². The highest BCUT2D eigenvalue weighted by Crippen LogP contribution is 2.39. The van der Waals surface area contributed by atoms with Crippen LogP contribution in [-0.2, 0) is 11.2 Å². The normalized spacial score (nSPS) is 21.3. The molecule has 0 radical (unpaired) electrons. The minimum Gasteiger partial charge on any atom is -0.425 e. The predicted molar refractivity (Wildman–Crippen MR) is 117 cm³/mol. The monoisotopic (exact) mass is 409 g/mol. The van der Waals surface area contributed by atoms with Gasteiger partial charge in [-0.15, -0.1) is 11.6 Å². The molecule has 29 heavy (non-hydrogen) atoms. The molecule has 0 aromatic heterocycles. The standard InChI is InChI=1S/C25H28ClNO2/c1-2-3-4-6-19-8-10-20(11-9-19)21-12-14-23(15-13-21)29-24(28)25(18-27)16-5-7-22(26)17-25/h8-15,22H,2-7,16-17H2,1H3. The summed E-state index contributed by atoms with van der Waals surface area (Å²) in [4.78, 5) is 12.7. The number of ether oxygens (including phenoxy) is 1. The Bertz CT molecular complexity index is 854. The number of halogens is 1. The Morgan fingerprint density at radius 3 is 2.38 bits per heavy atom. The van der Waals surface area contributed by atoms with Crippen LogP contribution in [0.25, 0.3) is 11.1 Å². The van der Waals surface area contributed by atoms with Crippen molar-refractivity contribution in [2.45, 2.75) is 63.7 Å². The van der Waals surface area contributed by atoms with Crippen LogP contribution < -0.4 is 4.74 Å². The van der Waals surface area contributed by atoms with Crippen LogP contribution in [0.4, 0.5) is 0 Å². The van der Waals surface area contributed by atoms with Gasteiger partial charge in [-0.1, -0.05) is 56.2 Å². The number of benzene rings is 2. The second-order valence-electron chi connectivity index (χ2n) is 7.96. The molecule has 0 aliphatic heterocycles. The number of nitriles is 1. The van der Waals surface area contributed by atoms with Crippen molar-refractivity contribution < 1.29 is 9.53 Å². The molecule has 0 amide bonds. The molecule has 2 unspecified atom stereocenters. The first-order valence-electron chi connectivity index (χ1n) is 10.5. The number of hydrogen-bond acceptors (Lipinski definition) is 3. The van der Waals surface area contributed by atoms with Gasteiger partial charge < -0.3 is 4.74 Å². The lowest BCUT2D eigenvalue weighted by molar-refractivity contribution is -0.144. The van der Waals surface area contributed by atoms with Gasteiger partial charge in [-0.2, -0.15) is 5.26 Å². The minimum absolute atomic E-state index is 0.150. The van der Waals surface area contributed by atoms with E-state index in [0.29, 0.717) is 18.6 Å². The number of rotatable bonds is 7. The van der Waals surface area contributed by atoms with Gasteiger partial charge in [0, 0.05) is 5.38 Å². The number of carbonyl (C=O) groups is 1. The molecule has 0 N–H and O–H groups in total. The molecule has 0 heterocycles. The number of nitrogens with zero attached hydrogens (tertiary/aromatic N) is 1. The molecular formula is C25H28ClNO2. The fourth-order valence-electron chi connectivity index (χ4n) is 3.90. The molecule has 152 valence electrons. The summed E-state index contributed by atoms with van der Waals surface area (Å²) in [5, 5.41) is 9.43. The van der Waals surface area contributed by atoms with Crippen LogP contribution in [0, 0.1) is 16.7 Å². The second kappa shape index (κ2) is 9.94. The lowest BCUT2D eigenvalue weighted by Crippen LogP contribution is -2.38. The van der Waals surface area contributed by atoms with E-state index in [-0.39, 0.29) is 5.38 Å². The van der Waals surface area contributed by atoms with Crippen molar-refractivity contribution in [1.82, 2.24) is 0 Å². The first kappa shape index (κ1) is 21.4. The van der Waals surface area contributed by atoms with Crippen molar-refractivity contribution in [3.8, 4) is 22.9 Å². The van der Waals surface area contributed by atoms with Gasteiger partial charge in [0.25, 0.3) is 0 Å². The molecule has 3 nitrogen and oxygen atoms in total. The Morgan fingerprint density at radius 1 is 1.14 bits per heavy atom. The average molecular weight is 410 g/mol. The zero-order valence-corrected chi connectivity index (χ0v) is 17.8. The molecule has 1 saturated carbocycles. The van der Waals surface area contributed by atoms with Crippen LogP contribution in [0.5, 0.6) is 5.75 Å². The maximum atomic E-state index is 12.7. The van der Waals surface area contributed by atoms with E-state index in [4.69, 9.17) is 16.3 Å². The first-order valence-corrected chi connectivity index (χ1v) is 11.0. The van der Waals surface area contributed by atoms with Gasteiger partial charge in [-0.25, -0.2) is 4.79 Å². The third kappa shape index (κ3) is 5.40. The van der Waals surface area contributed by atoms with Gasteiger partial charge in [-0.05, 0) is 67.3 Å². The molecule has 0 saturated heterocycles. The van der Waals surface area contributed by atoms with Crippen molar-refractivity contribution >= 4 is 17.6 Å². The Morgan fingerprint density at radius 2 is 1.79 bits per heavy atom. The van der Waals surface area contributed by atoms with Crippen molar-refractivity contribution in [3.63, 3.8) is 0 Å². The van der Waals surface area contributed by atoms with Gasteiger partial charge in [0.2, 0.25) is 0 Å². The SMILES string of the molecule is CCCCCc1ccc(-c2ccc(OC(=O)C3(C#N)CCCC(Cl)C3)cc2)cc1. The highest BCUT2D eigenvalue weighted by atomic mass is 35.5. The van der Waals surface area contributed by atoms with Crippen molar-refractivity contribution in [3.05, 3.63) is 54.1 Å². The smallest absolute Gasteiger partial charge is 0.331 e. The third-order valence-corrected chi connectivity index (χ3v) is 6.09. The van der Waals surface area contributed by atoms with Crippen LogP contribution in [0.3, 0.4) is 0 Å². The average Bonchev–Trinajstić information content (AvgIpc) is 2.75. The molecule has 2 atom stereocenters. The number of esters is 1. The predicted octanol–water partition coefficient (Wildman–Crippen LogP) is 6.68. The number of hydrogen-bond donors (Lipinski definition) is 0. The Labute approximate surface area is 178 Å². The number of carbonyl (C=O) groups excluding carboxylic acids is 1. The van der Waals surface area contributed by atoms with E-state index in [1.54, 1.807) is 12.1 Å². The van der Waals surface area contributed by atoms with Gasteiger partial charge in [0.1, 0.15) is 5.75 Å². The van der Waals surface area contributed by atoms with Crippen LogP contribution in [0.1, 0.15) is 57.4 Å². The fraction of sp³-hybridized carbons (Fsp3) is 0.440. The summed E-state index contributed by atoms with van der Waals surface area (Å²) < 4.78 is 5.54. The molecule has 2 aromatic rings. The summed E-state index contributed by atoms with van der Waals surface area (Å²) >= 11 is 6.20. The van der Waals surface area contributed by atoms with Gasteiger partial charge in [0.15, 0.2) is 5.41 Å². The Kier molecular flexibility index (Phi) is 7.34. The maximum absolute atomic E-state index is 12.7. The van der Waals surface area contributed by atoms with E-state index in [9.17, 15) is 10.1 Å². The van der Waals surface area contributed by atoms with E-state index in [2.05, 4.69) is 37.3 Å². The minimum atomic E-state index is -1.13. The zero-order valence-electron chi connectivity index (χ0n) is 17.0. The van der Waals surface area contributed by atoms with Crippen LogP contribution in [0.2, 0.25) is 0 Å². The third-order valence-electron chi connectivity index (χ3n) is 5.72. The Balaban J connectivity index is 1.64. The summed E-state index contributed by atoms with van der Waals surface area (Å²) in [6.07, 6.45) is 7.31. The van der Waals surface area contributed by atoms with Gasteiger partial charge >= 0.3 is 5.97 Å². The summed E-state index contributed by atoms with van der Waals surface area (Å²) in [6, 6.07) is 18.3. The van der Waals surface area contributed by atoms with E-state index >= 15 is 0 Å². The summed E-state index contributed by atoms with van der Waals surface area (Å²) in [5.41, 5.74) is 2.43. The van der Waals surface area contributed by atoms with E-state index < -0.39 is 11.4 Å². The van der Waals surface area contributed by atoms with Crippen molar-refractivity contribution in [1.29, 1.82) is 5.26 Å². The molecule has 2 aromatic carbocycles. The number of unbranched alkanes of at least 4 members (excludes halogenated alkanes) is 2. The molecule has 1 aliphatic rings. The topological polar surface area (TPSA) is 50.1 Å². The van der Waals surface area contributed by atoms with Crippen LogP contribution in [0.15, 0.2) is 48.5 Å². The summed E-state index contributed by atoms with van der Waals surface area (Å²) in [6.45, 7) is 2.22. The van der Waals surface area contributed by atoms with Gasteiger partial charge in [0.05, 0.1) is 6.07 Å². The molecule has 3 rings (SSSR count). The van der Waals surface area contributed by atoms with E-state index in [1.807, 2.05) is 12.1 Å². The molecule has 4 heteroatoms. The van der Waals surface area contributed by atoms with Crippen molar-refractivity contribution in [2.24, 2.45) is 5.41 Å². The second-order valence-corrected chi connectivity index (χ2v) is 8.57. The largest absolute Gasteiger partial charge is 0.425 e. The van der Waals surface area contributed by atoms with Crippen LogP contribution >= 0.6 is 11.6 Å². The maximum Gasteiger partial charge on any atom is 0.331 e. The summed E-state index contributed by atoms with van der Waals surface area (Å²) in [7, 11) is 0. The zero-order chi connectivity index (χ0) is 20.7. The molecular weight excluding hydrogens is 382 g/mol. The quantitative estimate of drug-likeness (QED) is 0.221. The molecule has 1 fully saturated rings. The van der Waals surface area contributed by atoms with E-state index in [0.717, 1.165) is 30.4 Å². The summed E-state index contributed by atoms with van der Waals surface area (Å²) in [5.74, 6) is -0.0317. The lowest BCUT2D eigenvalue weighted by atomic mass is 9.75. The number of alkyl halides is 1. The van der Waals surface area contributed by atoms with E-state index in [1.165, 1.54) is 24.8 Å². The number of aryl methyl sites for hydroxylation is 1. The van der Waals surface area contributed by atoms with Gasteiger partial charge in [-0.3, -0.25) is 0 Å². The first-order chi connectivity index (χ1) is 14.1. The molecule has 0 spiro atoms. The van der Waals surface area contributed by atoms with Crippen molar-refractivity contribution in [2.75, 3.05) is 0 Å². The molecule has 1 aliphatic carbocycles. The lowest BCUT2D eigenvalue weighted by Gasteiger charge is -2.30. The fourth-order valence-corrected chi connectivity index (χ4v) is 4.32. The highest BCUT2D eigenvalue weighted by molar-refractivity contribution is 6.20. The molecule has 0 bridgehead atoms. The highest BCUT2D eigenvalue weighted by Gasteiger charge is 2.44.